The van der Waals surface area contributed by atoms with Crippen molar-refractivity contribution in [1.82, 2.24) is 10.3 Å². The van der Waals surface area contributed by atoms with Crippen LogP contribution in [0.25, 0.3) is 0 Å². The largest absolute Gasteiger partial charge is 0.417 e. The van der Waals surface area contributed by atoms with Gasteiger partial charge in [-0.05, 0) is 31.9 Å². The molecule has 1 atom stereocenters. The normalized spacial score (nSPS) is 13.1. The van der Waals surface area contributed by atoms with E-state index in [-0.39, 0.29) is 11.1 Å². The monoisotopic (exact) mass is 294 g/mol. The summed E-state index contributed by atoms with van der Waals surface area (Å²) in [7, 11) is 0. The zero-order valence-electron chi connectivity index (χ0n) is 10.3. The number of carbonyl (C=O) groups excluding carboxylic acids is 1. The topological polar surface area (TPSA) is 42.0 Å². The minimum atomic E-state index is -4.45. The van der Waals surface area contributed by atoms with Gasteiger partial charge in [0, 0.05) is 18.1 Å². The van der Waals surface area contributed by atoms with Gasteiger partial charge in [0.15, 0.2) is 0 Å². The number of carbonyl (C=O) groups is 1. The summed E-state index contributed by atoms with van der Waals surface area (Å²) in [5.74, 6) is -0.490. The lowest BCUT2D eigenvalue weighted by atomic mass is 10.2. The van der Waals surface area contributed by atoms with Gasteiger partial charge in [0.05, 0.1) is 5.56 Å². The molecular formula is C12H14ClF3N2O. The molecule has 1 unspecified atom stereocenters. The maximum absolute atomic E-state index is 12.3. The summed E-state index contributed by atoms with van der Waals surface area (Å²) >= 11 is 5.74. The van der Waals surface area contributed by atoms with Crippen LogP contribution in [-0.4, -0.2) is 22.8 Å². The molecule has 0 aliphatic carbocycles. The third-order valence-corrected chi connectivity index (χ3v) is 2.61. The fourth-order valence-corrected chi connectivity index (χ4v) is 1.53. The average molecular weight is 295 g/mol. The lowest BCUT2D eigenvalue weighted by Gasteiger charge is -2.08. The predicted octanol–water partition coefficient (Wildman–Crippen LogP) is 3.24. The maximum atomic E-state index is 12.3. The predicted molar refractivity (Wildman–Crippen MR) is 66.1 cm³/mol. The van der Waals surface area contributed by atoms with E-state index in [4.69, 9.17) is 11.6 Å². The van der Waals surface area contributed by atoms with Crippen LogP contribution in [0.15, 0.2) is 18.3 Å². The summed E-state index contributed by atoms with van der Waals surface area (Å²) < 4.78 is 36.9. The second-order valence-electron chi connectivity index (χ2n) is 4.11. The Kier molecular flexibility index (Phi) is 5.60. The molecule has 0 saturated carbocycles. The number of nitrogens with one attached hydrogen (secondary N) is 1. The fourth-order valence-electron chi connectivity index (χ4n) is 1.37. The van der Waals surface area contributed by atoms with E-state index in [0.717, 1.165) is 18.6 Å². The second kappa shape index (κ2) is 6.75. The first-order valence-corrected chi connectivity index (χ1v) is 6.20. The minimum absolute atomic E-state index is 0.0288. The van der Waals surface area contributed by atoms with E-state index >= 15 is 0 Å². The molecule has 3 nitrogen and oxygen atoms in total. The van der Waals surface area contributed by atoms with E-state index < -0.39 is 17.6 Å². The molecule has 1 aromatic rings. The van der Waals surface area contributed by atoms with E-state index in [2.05, 4.69) is 10.3 Å². The van der Waals surface area contributed by atoms with Gasteiger partial charge in [-0.15, -0.1) is 11.6 Å². The first-order chi connectivity index (χ1) is 8.80. The quantitative estimate of drug-likeness (QED) is 0.669. The lowest BCUT2D eigenvalue weighted by molar-refractivity contribution is -0.137. The molecule has 1 amide bonds. The first-order valence-electron chi connectivity index (χ1n) is 5.76. The highest BCUT2D eigenvalue weighted by Crippen LogP contribution is 2.28. The molecule has 7 heteroatoms. The van der Waals surface area contributed by atoms with Gasteiger partial charge in [0.1, 0.15) is 5.69 Å². The van der Waals surface area contributed by atoms with Crippen molar-refractivity contribution in [2.24, 2.45) is 0 Å². The molecular weight excluding hydrogens is 281 g/mol. The molecule has 0 saturated heterocycles. The summed E-state index contributed by atoms with van der Waals surface area (Å²) in [4.78, 5) is 15.1. The number of halogens is 4. The number of amides is 1. The molecule has 0 fully saturated rings. The van der Waals surface area contributed by atoms with Crippen LogP contribution < -0.4 is 5.32 Å². The van der Waals surface area contributed by atoms with Gasteiger partial charge >= 0.3 is 6.18 Å². The summed E-state index contributed by atoms with van der Waals surface area (Å²) in [5, 5.41) is 2.60. The van der Waals surface area contributed by atoms with Crippen LogP contribution in [0, 0.1) is 0 Å². The van der Waals surface area contributed by atoms with Crippen LogP contribution in [0.3, 0.4) is 0 Å². The number of aromatic nitrogens is 1. The Morgan fingerprint density at radius 1 is 1.47 bits per heavy atom. The van der Waals surface area contributed by atoms with Crippen LogP contribution in [0.1, 0.15) is 35.8 Å². The van der Waals surface area contributed by atoms with E-state index in [1.807, 2.05) is 6.92 Å². The van der Waals surface area contributed by atoms with Crippen molar-refractivity contribution in [3.63, 3.8) is 0 Å². The van der Waals surface area contributed by atoms with Gasteiger partial charge < -0.3 is 5.32 Å². The van der Waals surface area contributed by atoms with Crippen molar-refractivity contribution in [1.29, 1.82) is 0 Å². The highest BCUT2D eigenvalue weighted by atomic mass is 35.5. The van der Waals surface area contributed by atoms with Gasteiger partial charge in [-0.1, -0.05) is 0 Å². The molecule has 0 aliphatic heterocycles. The Morgan fingerprint density at radius 2 is 2.16 bits per heavy atom. The third-order valence-electron chi connectivity index (χ3n) is 2.39. The van der Waals surface area contributed by atoms with E-state index in [1.54, 1.807) is 0 Å². The molecule has 0 aliphatic rings. The zero-order chi connectivity index (χ0) is 14.5. The number of hydrogen-bond donors (Lipinski definition) is 1. The number of pyridine rings is 1. The number of hydrogen-bond acceptors (Lipinski definition) is 2. The van der Waals surface area contributed by atoms with Crippen LogP contribution in [0.5, 0.6) is 0 Å². The molecule has 1 N–H and O–H groups in total. The third kappa shape index (κ3) is 5.46. The molecule has 19 heavy (non-hydrogen) atoms. The van der Waals surface area contributed by atoms with E-state index in [0.29, 0.717) is 19.2 Å². The minimum Gasteiger partial charge on any atom is -0.351 e. The average Bonchev–Trinajstić information content (AvgIpc) is 2.33. The smallest absolute Gasteiger partial charge is 0.351 e. The molecule has 1 rings (SSSR count). The van der Waals surface area contributed by atoms with E-state index in [9.17, 15) is 18.0 Å². The standard InChI is InChI=1S/C12H14ClF3N2O/c1-8(13)3-2-6-17-11(19)10-5-4-9(7-18-10)12(14,15)16/h4-5,7-8H,2-3,6H2,1H3,(H,17,19). The Bertz CT molecular complexity index is 418. The van der Waals surface area contributed by atoms with E-state index in [1.165, 1.54) is 0 Å². The van der Waals surface area contributed by atoms with Crippen molar-refractivity contribution in [2.45, 2.75) is 31.3 Å². The van der Waals surface area contributed by atoms with Crippen LogP contribution >= 0.6 is 11.6 Å². The summed E-state index contributed by atoms with van der Waals surface area (Å²) in [6.07, 6.45) is -2.34. The van der Waals surface area contributed by atoms with Crippen molar-refractivity contribution in [3.8, 4) is 0 Å². The van der Waals surface area contributed by atoms with Crippen LogP contribution in [0.2, 0.25) is 0 Å². The molecule has 0 spiro atoms. The second-order valence-corrected chi connectivity index (χ2v) is 4.85. The van der Waals surface area contributed by atoms with Gasteiger partial charge in [0.25, 0.3) is 5.91 Å². The number of rotatable bonds is 5. The van der Waals surface area contributed by atoms with Gasteiger partial charge in [-0.3, -0.25) is 9.78 Å². The maximum Gasteiger partial charge on any atom is 0.417 e. The molecule has 0 aromatic carbocycles. The van der Waals surface area contributed by atoms with Crippen molar-refractivity contribution in [3.05, 3.63) is 29.6 Å². The molecule has 0 radical (unpaired) electrons. The van der Waals surface area contributed by atoms with Crippen LogP contribution in [-0.2, 0) is 6.18 Å². The Hall–Kier alpha value is -1.30. The molecule has 0 bridgehead atoms. The first kappa shape index (κ1) is 15.8. The van der Waals surface area contributed by atoms with Gasteiger partial charge in [-0.25, -0.2) is 0 Å². The van der Waals surface area contributed by atoms with Gasteiger partial charge in [-0.2, -0.15) is 13.2 Å². The molecule has 1 aromatic heterocycles. The lowest BCUT2D eigenvalue weighted by Crippen LogP contribution is -2.25. The summed E-state index contributed by atoms with van der Waals surface area (Å²) in [6, 6.07) is 1.89. The van der Waals surface area contributed by atoms with Crippen molar-refractivity contribution >= 4 is 17.5 Å². The Morgan fingerprint density at radius 3 is 2.63 bits per heavy atom. The summed E-state index contributed by atoms with van der Waals surface area (Å²) in [5.41, 5.74) is -0.910. The van der Waals surface area contributed by atoms with Gasteiger partial charge in [0.2, 0.25) is 0 Å². The molecule has 1 heterocycles. The fraction of sp³-hybridized carbons (Fsp3) is 0.500. The Labute approximate surface area is 114 Å². The summed E-state index contributed by atoms with van der Waals surface area (Å²) in [6.45, 7) is 2.26. The van der Waals surface area contributed by atoms with Crippen molar-refractivity contribution < 1.29 is 18.0 Å². The molecule has 106 valence electrons. The SMILES string of the molecule is CC(Cl)CCCNC(=O)c1ccc(C(F)(F)F)cn1. The highest BCUT2D eigenvalue weighted by molar-refractivity contribution is 6.20. The Balaban J connectivity index is 2.49. The van der Waals surface area contributed by atoms with Crippen LogP contribution in [0.4, 0.5) is 13.2 Å². The van der Waals surface area contributed by atoms with Crippen molar-refractivity contribution in [2.75, 3.05) is 6.54 Å². The zero-order valence-corrected chi connectivity index (χ0v) is 11.1. The highest BCUT2D eigenvalue weighted by Gasteiger charge is 2.30. The number of nitrogens with zero attached hydrogens (tertiary/aromatic N) is 1. The number of alkyl halides is 4.